The predicted molar refractivity (Wildman–Crippen MR) is 91.3 cm³/mol. The van der Waals surface area contributed by atoms with Crippen LogP contribution in [-0.4, -0.2) is 49.9 Å². The maximum absolute atomic E-state index is 12.9. The molecule has 0 aliphatic carbocycles. The standard InChI is InChI=1S/C18H19N5O2/c1-12-3-4-17-21-15(10-23(17)9-12)18(24)22-7-8-25-16(11-22)14-5-6-19-13(2)20-14/h3-6,9-10,16H,7-8,11H2,1-2H3/t16-/m1/s1. The van der Waals surface area contributed by atoms with Crippen molar-refractivity contribution in [2.75, 3.05) is 19.7 Å². The molecule has 4 heterocycles. The third-order valence-electron chi connectivity index (χ3n) is 4.30. The average Bonchev–Trinajstić information content (AvgIpc) is 3.04. The Morgan fingerprint density at radius 2 is 2.08 bits per heavy atom. The van der Waals surface area contributed by atoms with Gasteiger partial charge in [0.1, 0.15) is 23.3 Å². The van der Waals surface area contributed by atoms with E-state index >= 15 is 0 Å². The van der Waals surface area contributed by atoms with E-state index in [1.54, 1.807) is 17.3 Å². The second kappa shape index (κ2) is 6.25. The first-order valence-corrected chi connectivity index (χ1v) is 8.26. The normalized spacial score (nSPS) is 17.8. The van der Waals surface area contributed by atoms with Gasteiger partial charge in [-0.3, -0.25) is 4.79 Å². The largest absolute Gasteiger partial charge is 0.368 e. The summed E-state index contributed by atoms with van der Waals surface area (Å²) in [6.45, 7) is 5.34. The molecule has 0 bridgehead atoms. The van der Waals surface area contributed by atoms with Gasteiger partial charge in [0.25, 0.3) is 5.91 Å². The molecule has 1 aliphatic heterocycles. The summed E-state index contributed by atoms with van der Waals surface area (Å²) in [5.74, 6) is 0.612. The lowest BCUT2D eigenvalue weighted by Crippen LogP contribution is -2.42. The second-order valence-electron chi connectivity index (χ2n) is 6.24. The van der Waals surface area contributed by atoms with Gasteiger partial charge >= 0.3 is 0 Å². The number of nitrogens with zero attached hydrogens (tertiary/aromatic N) is 5. The number of fused-ring (bicyclic) bond motifs is 1. The van der Waals surface area contributed by atoms with Gasteiger partial charge in [-0.25, -0.2) is 15.0 Å². The highest BCUT2D eigenvalue weighted by atomic mass is 16.5. The van der Waals surface area contributed by atoms with Crippen LogP contribution in [0.3, 0.4) is 0 Å². The fourth-order valence-corrected chi connectivity index (χ4v) is 3.03. The highest BCUT2D eigenvalue weighted by Crippen LogP contribution is 2.22. The third-order valence-corrected chi connectivity index (χ3v) is 4.30. The van der Waals surface area contributed by atoms with E-state index in [1.807, 2.05) is 42.6 Å². The number of hydrogen-bond acceptors (Lipinski definition) is 5. The van der Waals surface area contributed by atoms with Crippen molar-refractivity contribution in [2.24, 2.45) is 0 Å². The van der Waals surface area contributed by atoms with Crippen LogP contribution in [0.1, 0.15) is 33.7 Å². The molecule has 0 saturated carbocycles. The van der Waals surface area contributed by atoms with Crippen LogP contribution in [0.2, 0.25) is 0 Å². The molecule has 0 radical (unpaired) electrons. The van der Waals surface area contributed by atoms with Gasteiger partial charge in [-0.15, -0.1) is 0 Å². The SMILES string of the molecule is Cc1ccc2nc(C(=O)N3CCO[C@@H](c4ccnc(C)n4)C3)cn2c1. The summed E-state index contributed by atoms with van der Waals surface area (Å²) >= 11 is 0. The smallest absolute Gasteiger partial charge is 0.274 e. The number of rotatable bonds is 2. The average molecular weight is 337 g/mol. The highest BCUT2D eigenvalue weighted by molar-refractivity contribution is 5.93. The number of carbonyl (C=O) groups excluding carboxylic acids is 1. The monoisotopic (exact) mass is 337 g/mol. The Bertz CT molecular complexity index is 936. The zero-order valence-electron chi connectivity index (χ0n) is 14.2. The van der Waals surface area contributed by atoms with E-state index in [2.05, 4.69) is 15.0 Å². The van der Waals surface area contributed by atoms with Gasteiger partial charge in [0.15, 0.2) is 0 Å². The van der Waals surface area contributed by atoms with Crippen LogP contribution < -0.4 is 0 Å². The summed E-state index contributed by atoms with van der Waals surface area (Å²) in [6.07, 6.45) is 5.22. The number of hydrogen-bond donors (Lipinski definition) is 0. The fraction of sp³-hybridized carbons (Fsp3) is 0.333. The molecule has 0 unspecified atom stereocenters. The van der Waals surface area contributed by atoms with Crippen LogP contribution in [0.25, 0.3) is 5.65 Å². The first-order chi connectivity index (χ1) is 12.1. The Hall–Kier alpha value is -2.80. The van der Waals surface area contributed by atoms with Crippen molar-refractivity contribution in [3.05, 3.63) is 59.6 Å². The number of aromatic nitrogens is 4. The quantitative estimate of drug-likeness (QED) is 0.715. The maximum Gasteiger partial charge on any atom is 0.274 e. The second-order valence-corrected chi connectivity index (χ2v) is 6.24. The van der Waals surface area contributed by atoms with Gasteiger partial charge in [-0.2, -0.15) is 0 Å². The Kier molecular flexibility index (Phi) is 3.93. The minimum absolute atomic E-state index is 0.0829. The number of aryl methyl sites for hydroxylation is 2. The molecule has 3 aromatic rings. The van der Waals surface area contributed by atoms with Crippen molar-refractivity contribution in [3.63, 3.8) is 0 Å². The molecule has 3 aromatic heterocycles. The van der Waals surface area contributed by atoms with E-state index in [0.29, 0.717) is 31.2 Å². The lowest BCUT2D eigenvalue weighted by Gasteiger charge is -2.32. The highest BCUT2D eigenvalue weighted by Gasteiger charge is 2.28. The Balaban J connectivity index is 1.56. The van der Waals surface area contributed by atoms with Crippen LogP contribution in [0, 0.1) is 13.8 Å². The zero-order chi connectivity index (χ0) is 17.4. The van der Waals surface area contributed by atoms with E-state index in [9.17, 15) is 4.79 Å². The Morgan fingerprint density at radius 3 is 2.92 bits per heavy atom. The van der Waals surface area contributed by atoms with Crippen molar-refractivity contribution in [3.8, 4) is 0 Å². The van der Waals surface area contributed by atoms with Gasteiger partial charge in [0.2, 0.25) is 0 Å². The molecule has 1 amide bonds. The van der Waals surface area contributed by atoms with E-state index < -0.39 is 0 Å². The fourth-order valence-electron chi connectivity index (χ4n) is 3.03. The third kappa shape index (κ3) is 3.10. The van der Waals surface area contributed by atoms with Crippen LogP contribution >= 0.6 is 0 Å². The molecule has 4 rings (SSSR count). The molecule has 25 heavy (non-hydrogen) atoms. The molecule has 0 aromatic carbocycles. The van der Waals surface area contributed by atoms with Crippen LogP contribution in [0.5, 0.6) is 0 Å². The van der Waals surface area contributed by atoms with Crippen molar-refractivity contribution in [1.29, 1.82) is 0 Å². The van der Waals surface area contributed by atoms with Crippen molar-refractivity contribution in [2.45, 2.75) is 20.0 Å². The lowest BCUT2D eigenvalue weighted by atomic mass is 10.2. The van der Waals surface area contributed by atoms with Gasteiger partial charge < -0.3 is 14.0 Å². The van der Waals surface area contributed by atoms with Gasteiger partial charge in [0, 0.05) is 25.1 Å². The molecule has 0 N–H and O–H groups in total. The molecule has 1 fully saturated rings. The molecular formula is C18H19N5O2. The van der Waals surface area contributed by atoms with Crippen molar-refractivity contribution < 1.29 is 9.53 Å². The lowest BCUT2D eigenvalue weighted by molar-refractivity contribution is -0.0250. The molecule has 1 saturated heterocycles. The first kappa shape index (κ1) is 15.7. The summed E-state index contributed by atoms with van der Waals surface area (Å²) in [5, 5.41) is 0. The molecule has 0 spiro atoms. The number of morpholine rings is 1. The van der Waals surface area contributed by atoms with Gasteiger partial charge in [0.05, 0.1) is 18.8 Å². The van der Waals surface area contributed by atoms with Crippen LogP contribution in [0.4, 0.5) is 0 Å². The molecule has 7 nitrogen and oxygen atoms in total. The summed E-state index contributed by atoms with van der Waals surface area (Å²) in [6, 6.07) is 5.73. The zero-order valence-corrected chi connectivity index (χ0v) is 14.2. The summed E-state index contributed by atoms with van der Waals surface area (Å²) in [5.41, 5.74) is 3.14. The van der Waals surface area contributed by atoms with Gasteiger partial charge in [-0.05, 0) is 31.5 Å². The Labute approximate surface area is 145 Å². The number of amides is 1. The first-order valence-electron chi connectivity index (χ1n) is 8.26. The van der Waals surface area contributed by atoms with Gasteiger partial charge in [-0.1, -0.05) is 6.07 Å². The van der Waals surface area contributed by atoms with Crippen molar-refractivity contribution >= 4 is 11.6 Å². The summed E-state index contributed by atoms with van der Waals surface area (Å²) in [4.78, 5) is 27.6. The minimum atomic E-state index is -0.237. The number of imidazole rings is 1. The summed E-state index contributed by atoms with van der Waals surface area (Å²) < 4.78 is 7.68. The number of carbonyl (C=O) groups is 1. The molecule has 1 aliphatic rings. The van der Waals surface area contributed by atoms with E-state index in [1.165, 1.54) is 0 Å². The molecular weight excluding hydrogens is 318 g/mol. The van der Waals surface area contributed by atoms with Crippen LogP contribution in [-0.2, 0) is 4.74 Å². The maximum atomic E-state index is 12.9. The van der Waals surface area contributed by atoms with Crippen LogP contribution in [0.15, 0.2) is 36.8 Å². The molecule has 7 heteroatoms. The predicted octanol–water partition coefficient (Wildman–Crippen LogP) is 1.95. The van der Waals surface area contributed by atoms with E-state index in [0.717, 1.165) is 16.9 Å². The van der Waals surface area contributed by atoms with E-state index in [4.69, 9.17) is 4.74 Å². The molecule has 1 atom stereocenters. The Morgan fingerprint density at radius 1 is 1.20 bits per heavy atom. The topological polar surface area (TPSA) is 72.6 Å². The molecule has 128 valence electrons. The number of ether oxygens (including phenoxy) is 1. The van der Waals surface area contributed by atoms with E-state index in [-0.39, 0.29) is 12.0 Å². The minimum Gasteiger partial charge on any atom is -0.368 e. The number of pyridine rings is 1. The van der Waals surface area contributed by atoms with Crippen molar-refractivity contribution in [1.82, 2.24) is 24.3 Å². The summed E-state index contributed by atoms with van der Waals surface area (Å²) in [7, 11) is 0.